The average Bonchev–Trinajstić information content (AvgIpc) is 2.23. The number of alkyl halides is 3. The Morgan fingerprint density at radius 2 is 1.74 bits per heavy atom. The summed E-state index contributed by atoms with van der Waals surface area (Å²) in [4.78, 5) is 0. The van der Waals surface area contributed by atoms with Gasteiger partial charge in [-0.2, -0.15) is 13.2 Å². The van der Waals surface area contributed by atoms with Gasteiger partial charge in [-0.3, -0.25) is 0 Å². The largest absolute Gasteiger partial charge is 0.491 e. The molecule has 1 aromatic carbocycles. The van der Waals surface area contributed by atoms with E-state index in [1.807, 2.05) is 20.8 Å². The fraction of sp³-hybridized carbons (Fsp3) is 0.538. The van der Waals surface area contributed by atoms with Crippen LogP contribution in [-0.2, 0) is 10.9 Å². The highest BCUT2D eigenvalue weighted by Gasteiger charge is 2.34. The molecule has 0 radical (unpaired) electrons. The Morgan fingerprint density at radius 3 is 2.26 bits per heavy atom. The first kappa shape index (κ1) is 15.6. The number of anilines is 1. The predicted molar refractivity (Wildman–Crippen MR) is 67.1 cm³/mol. The molecule has 0 spiro atoms. The van der Waals surface area contributed by atoms with Crippen molar-refractivity contribution in [1.29, 1.82) is 0 Å². The van der Waals surface area contributed by atoms with E-state index in [2.05, 4.69) is 0 Å². The molecule has 0 aliphatic rings. The van der Waals surface area contributed by atoms with Gasteiger partial charge in [0, 0.05) is 5.69 Å². The molecule has 1 aromatic rings. The van der Waals surface area contributed by atoms with E-state index in [0.717, 1.165) is 6.07 Å². The lowest BCUT2D eigenvalue weighted by atomic mass is 10.1. The van der Waals surface area contributed by atoms with Crippen molar-refractivity contribution in [2.45, 2.75) is 32.5 Å². The number of ether oxygens (including phenoxy) is 2. The van der Waals surface area contributed by atoms with Gasteiger partial charge in [-0.25, -0.2) is 0 Å². The van der Waals surface area contributed by atoms with Crippen LogP contribution < -0.4 is 10.5 Å². The highest BCUT2D eigenvalue weighted by Crippen LogP contribution is 2.37. The molecule has 0 unspecified atom stereocenters. The Morgan fingerprint density at radius 1 is 1.11 bits per heavy atom. The lowest BCUT2D eigenvalue weighted by molar-refractivity contribution is -0.139. The van der Waals surface area contributed by atoms with E-state index in [1.165, 1.54) is 12.1 Å². The third-order valence-electron chi connectivity index (χ3n) is 2.18. The number of halogens is 3. The van der Waals surface area contributed by atoms with Crippen molar-refractivity contribution in [3.63, 3.8) is 0 Å². The van der Waals surface area contributed by atoms with E-state index in [0.29, 0.717) is 0 Å². The monoisotopic (exact) mass is 277 g/mol. The summed E-state index contributed by atoms with van der Waals surface area (Å²) >= 11 is 0. The van der Waals surface area contributed by atoms with Gasteiger partial charge in [-0.05, 0) is 39.0 Å². The molecule has 0 aromatic heterocycles. The molecule has 0 bridgehead atoms. The maximum absolute atomic E-state index is 12.8. The number of hydrogen-bond donors (Lipinski definition) is 1. The van der Waals surface area contributed by atoms with Crippen molar-refractivity contribution < 1.29 is 22.6 Å². The summed E-state index contributed by atoms with van der Waals surface area (Å²) in [6.45, 7) is 5.83. The van der Waals surface area contributed by atoms with Crippen LogP contribution in [0.2, 0.25) is 0 Å². The summed E-state index contributed by atoms with van der Waals surface area (Å²) in [5.41, 5.74) is 4.18. The first-order valence-electron chi connectivity index (χ1n) is 5.83. The van der Waals surface area contributed by atoms with Gasteiger partial charge in [0.15, 0.2) is 0 Å². The quantitative estimate of drug-likeness (QED) is 0.677. The first-order chi connectivity index (χ1) is 8.59. The number of hydrogen-bond acceptors (Lipinski definition) is 3. The molecule has 19 heavy (non-hydrogen) atoms. The molecule has 0 heterocycles. The van der Waals surface area contributed by atoms with Crippen LogP contribution in [0.4, 0.5) is 18.9 Å². The molecule has 0 saturated heterocycles. The molecule has 2 N–H and O–H groups in total. The smallest absolute Gasteiger partial charge is 0.420 e. The summed E-state index contributed by atoms with van der Waals surface area (Å²) in [6.07, 6.45) is -4.49. The minimum absolute atomic E-state index is 0.0459. The third kappa shape index (κ3) is 5.38. The molecular weight excluding hydrogens is 259 g/mol. The van der Waals surface area contributed by atoms with Crippen LogP contribution in [0, 0.1) is 0 Å². The maximum atomic E-state index is 12.8. The molecule has 6 heteroatoms. The Kier molecular flexibility index (Phi) is 4.68. The van der Waals surface area contributed by atoms with Crippen molar-refractivity contribution >= 4 is 5.69 Å². The number of benzene rings is 1. The Balaban J connectivity index is 2.68. The molecule has 0 saturated carbocycles. The molecule has 0 aliphatic heterocycles. The average molecular weight is 277 g/mol. The highest BCUT2D eigenvalue weighted by atomic mass is 19.4. The van der Waals surface area contributed by atoms with Crippen LogP contribution in [0.15, 0.2) is 18.2 Å². The number of rotatable bonds is 4. The van der Waals surface area contributed by atoms with Crippen molar-refractivity contribution in [3.8, 4) is 5.75 Å². The summed E-state index contributed by atoms with van der Waals surface area (Å²) in [6, 6.07) is 3.45. The molecule has 0 amide bonds. The zero-order valence-corrected chi connectivity index (χ0v) is 11.2. The summed E-state index contributed by atoms with van der Waals surface area (Å²) in [5, 5.41) is 0. The van der Waals surface area contributed by atoms with E-state index >= 15 is 0 Å². The highest BCUT2D eigenvalue weighted by molar-refractivity contribution is 5.49. The molecule has 108 valence electrons. The van der Waals surface area contributed by atoms with Gasteiger partial charge in [-0.1, -0.05) is 0 Å². The van der Waals surface area contributed by atoms with Gasteiger partial charge in [0.2, 0.25) is 0 Å². The standard InChI is InChI=1S/C13H18F3NO2/c1-12(2,3)19-7-6-18-11-5-4-9(17)8-10(11)13(14,15)16/h4-5,8H,6-7,17H2,1-3H3. The molecule has 1 rings (SSSR count). The van der Waals surface area contributed by atoms with Gasteiger partial charge in [0.1, 0.15) is 12.4 Å². The van der Waals surface area contributed by atoms with Crippen LogP contribution in [0.1, 0.15) is 26.3 Å². The lowest BCUT2D eigenvalue weighted by Gasteiger charge is -2.20. The molecule has 0 fully saturated rings. The molecule has 3 nitrogen and oxygen atoms in total. The zero-order valence-electron chi connectivity index (χ0n) is 11.2. The summed E-state index contributed by atoms with van der Waals surface area (Å²) in [5.74, 6) is -0.237. The van der Waals surface area contributed by atoms with E-state index in [1.54, 1.807) is 0 Å². The van der Waals surface area contributed by atoms with Crippen LogP contribution in [-0.4, -0.2) is 18.8 Å². The minimum Gasteiger partial charge on any atom is -0.491 e. The van der Waals surface area contributed by atoms with E-state index in [-0.39, 0.29) is 30.3 Å². The first-order valence-corrected chi connectivity index (χ1v) is 5.83. The SMILES string of the molecule is CC(C)(C)OCCOc1ccc(N)cc1C(F)(F)F. The van der Waals surface area contributed by atoms with Crippen molar-refractivity contribution in [1.82, 2.24) is 0 Å². The van der Waals surface area contributed by atoms with Gasteiger partial charge in [-0.15, -0.1) is 0 Å². The van der Waals surface area contributed by atoms with Crippen LogP contribution >= 0.6 is 0 Å². The zero-order chi connectivity index (χ0) is 14.7. The van der Waals surface area contributed by atoms with Crippen LogP contribution in [0.25, 0.3) is 0 Å². The number of nitrogens with two attached hydrogens (primary N) is 1. The predicted octanol–water partition coefficient (Wildman–Crippen LogP) is 3.48. The molecular formula is C13H18F3NO2. The van der Waals surface area contributed by atoms with Crippen LogP contribution in [0.3, 0.4) is 0 Å². The van der Waals surface area contributed by atoms with Gasteiger partial charge < -0.3 is 15.2 Å². The second-order valence-electron chi connectivity index (χ2n) is 5.06. The fourth-order valence-electron chi connectivity index (χ4n) is 1.39. The molecule has 0 aliphatic carbocycles. The topological polar surface area (TPSA) is 44.5 Å². The Labute approximate surface area is 110 Å². The van der Waals surface area contributed by atoms with E-state index in [9.17, 15) is 13.2 Å². The minimum atomic E-state index is -4.49. The van der Waals surface area contributed by atoms with Gasteiger partial charge in [0.25, 0.3) is 0 Å². The van der Waals surface area contributed by atoms with Crippen molar-refractivity contribution in [3.05, 3.63) is 23.8 Å². The Hall–Kier alpha value is -1.43. The van der Waals surface area contributed by atoms with E-state index < -0.39 is 11.7 Å². The lowest BCUT2D eigenvalue weighted by Crippen LogP contribution is -2.23. The Bertz CT molecular complexity index is 425. The summed E-state index contributed by atoms with van der Waals surface area (Å²) in [7, 11) is 0. The second-order valence-corrected chi connectivity index (χ2v) is 5.06. The third-order valence-corrected chi connectivity index (χ3v) is 2.18. The second kappa shape index (κ2) is 5.69. The fourth-order valence-corrected chi connectivity index (χ4v) is 1.39. The van der Waals surface area contributed by atoms with E-state index in [4.69, 9.17) is 15.2 Å². The molecule has 0 atom stereocenters. The van der Waals surface area contributed by atoms with Crippen molar-refractivity contribution in [2.75, 3.05) is 18.9 Å². The normalized spacial score (nSPS) is 12.5. The van der Waals surface area contributed by atoms with Crippen molar-refractivity contribution in [2.24, 2.45) is 0 Å². The van der Waals surface area contributed by atoms with Gasteiger partial charge in [0.05, 0.1) is 17.8 Å². The van der Waals surface area contributed by atoms with Crippen LogP contribution in [0.5, 0.6) is 5.75 Å². The maximum Gasteiger partial charge on any atom is 0.420 e. The number of nitrogen functional groups attached to an aromatic ring is 1. The van der Waals surface area contributed by atoms with Gasteiger partial charge >= 0.3 is 6.18 Å². The summed E-state index contributed by atoms with van der Waals surface area (Å²) < 4.78 is 48.8.